The largest absolute Gasteiger partial charge is 0.393 e. The van der Waals surface area contributed by atoms with E-state index in [0.29, 0.717) is 5.41 Å². The Balaban J connectivity index is 2.25. The van der Waals surface area contributed by atoms with Crippen LogP contribution in [0.25, 0.3) is 0 Å². The molecule has 0 aromatic heterocycles. The number of hydrogen-bond donors (Lipinski definition) is 1. The van der Waals surface area contributed by atoms with E-state index in [2.05, 4.69) is 32.6 Å². The Kier molecular flexibility index (Phi) is 6.65. The minimum absolute atomic E-state index is 0.0840. The summed E-state index contributed by atoms with van der Waals surface area (Å²) >= 11 is 0. The summed E-state index contributed by atoms with van der Waals surface area (Å²) in [7, 11) is 0. The fraction of sp³-hybridized carbons (Fsp3) is 1.00. The Morgan fingerprint density at radius 2 is 1.94 bits per heavy atom. The lowest BCUT2D eigenvalue weighted by Crippen LogP contribution is -2.27. The first-order valence-electron chi connectivity index (χ1n) is 7.84. The van der Waals surface area contributed by atoms with Gasteiger partial charge in [-0.05, 0) is 69.5 Å². The van der Waals surface area contributed by atoms with E-state index in [0.717, 1.165) is 25.2 Å². The van der Waals surface area contributed by atoms with Gasteiger partial charge in [0.25, 0.3) is 0 Å². The summed E-state index contributed by atoms with van der Waals surface area (Å²) in [5.74, 6) is 0.878. The Labute approximate surface area is 114 Å². The van der Waals surface area contributed by atoms with Gasteiger partial charge in [0.05, 0.1) is 6.10 Å². The second kappa shape index (κ2) is 7.49. The molecule has 0 aliphatic carbocycles. The molecule has 1 aliphatic heterocycles. The van der Waals surface area contributed by atoms with Crippen LogP contribution < -0.4 is 0 Å². The lowest BCUT2D eigenvalue weighted by molar-refractivity contribution is 0.148. The predicted molar refractivity (Wildman–Crippen MR) is 78.8 cm³/mol. The normalized spacial score (nSPS) is 24.8. The van der Waals surface area contributed by atoms with Crippen molar-refractivity contribution < 1.29 is 5.11 Å². The third kappa shape index (κ3) is 5.71. The molecule has 0 bridgehead atoms. The molecule has 0 amide bonds. The van der Waals surface area contributed by atoms with Gasteiger partial charge in [-0.3, -0.25) is 0 Å². The molecule has 2 unspecified atom stereocenters. The molecule has 1 N–H and O–H groups in total. The van der Waals surface area contributed by atoms with E-state index in [1.807, 2.05) is 0 Å². The van der Waals surface area contributed by atoms with Gasteiger partial charge in [-0.1, -0.05) is 27.7 Å². The number of nitrogens with zero attached hydrogens (tertiary/aromatic N) is 1. The summed E-state index contributed by atoms with van der Waals surface area (Å²) in [6, 6.07) is 0. The number of rotatable bonds is 5. The van der Waals surface area contributed by atoms with Gasteiger partial charge in [0.1, 0.15) is 0 Å². The predicted octanol–water partition coefficient (Wildman–Crippen LogP) is 3.69. The highest BCUT2D eigenvalue weighted by atomic mass is 16.3. The molecule has 1 aliphatic rings. The zero-order valence-corrected chi connectivity index (χ0v) is 12.9. The van der Waals surface area contributed by atoms with E-state index in [1.54, 1.807) is 0 Å². The maximum atomic E-state index is 9.57. The van der Waals surface area contributed by atoms with E-state index in [9.17, 15) is 5.11 Å². The van der Waals surface area contributed by atoms with Crippen molar-refractivity contribution >= 4 is 0 Å². The molecule has 2 heteroatoms. The van der Waals surface area contributed by atoms with Crippen LogP contribution in [0.4, 0.5) is 0 Å². The van der Waals surface area contributed by atoms with E-state index in [-0.39, 0.29) is 6.10 Å². The van der Waals surface area contributed by atoms with Crippen molar-refractivity contribution in [3.63, 3.8) is 0 Å². The van der Waals surface area contributed by atoms with Crippen LogP contribution in [0.15, 0.2) is 0 Å². The van der Waals surface area contributed by atoms with Crippen molar-refractivity contribution in [2.45, 2.75) is 72.3 Å². The first-order chi connectivity index (χ1) is 8.43. The standard InChI is InChI=1S/C16H33NO/c1-5-15(18)9-7-12-17-11-6-8-14(10-13-17)16(2,3)4/h14-15,18H,5-13H2,1-4H3. The molecule has 108 valence electrons. The first kappa shape index (κ1) is 16.0. The highest BCUT2D eigenvalue weighted by Crippen LogP contribution is 2.34. The average Bonchev–Trinajstić information content (AvgIpc) is 2.53. The second-order valence-corrected chi connectivity index (χ2v) is 7.04. The fourth-order valence-corrected chi connectivity index (χ4v) is 3.00. The summed E-state index contributed by atoms with van der Waals surface area (Å²) in [5.41, 5.74) is 0.467. The van der Waals surface area contributed by atoms with Crippen LogP contribution in [0, 0.1) is 11.3 Å². The molecule has 1 saturated heterocycles. The zero-order valence-electron chi connectivity index (χ0n) is 12.9. The summed E-state index contributed by atoms with van der Waals surface area (Å²) in [4.78, 5) is 2.61. The number of likely N-dealkylation sites (tertiary alicyclic amines) is 1. The van der Waals surface area contributed by atoms with Gasteiger partial charge < -0.3 is 10.0 Å². The van der Waals surface area contributed by atoms with Crippen LogP contribution in [-0.4, -0.2) is 35.7 Å². The molecule has 1 fully saturated rings. The van der Waals surface area contributed by atoms with Crippen molar-refractivity contribution in [2.75, 3.05) is 19.6 Å². The van der Waals surface area contributed by atoms with Crippen molar-refractivity contribution in [2.24, 2.45) is 11.3 Å². The van der Waals surface area contributed by atoms with E-state index in [1.165, 1.54) is 38.9 Å². The molecule has 1 rings (SSSR count). The van der Waals surface area contributed by atoms with Gasteiger partial charge in [0, 0.05) is 0 Å². The molecule has 0 aromatic rings. The molecule has 18 heavy (non-hydrogen) atoms. The highest BCUT2D eigenvalue weighted by molar-refractivity contribution is 4.78. The Morgan fingerprint density at radius 3 is 2.56 bits per heavy atom. The Hall–Kier alpha value is -0.0800. The lowest BCUT2D eigenvalue weighted by atomic mass is 9.77. The molecule has 0 spiro atoms. The molecule has 2 atom stereocenters. The fourth-order valence-electron chi connectivity index (χ4n) is 3.00. The van der Waals surface area contributed by atoms with E-state index >= 15 is 0 Å². The van der Waals surface area contributed by atoms with Crippen LogP contribution in [0.3, 0.4) is 0 Å². The van der Waals surface area contributed by atoms with Crippen molar-refractivity contribution in [1.29, 1.82) is 0 Å². The maximum Gasteiger partial charge on any atom is 0.0538 e. The summed E-state index contributed by atoms with van der Waals surface area (Å²) in [6.45, 7) is 12.9. The monoisotopic (exact) mass is 255 g/mol. The molecule has 2 nitrogen and oxygen atoms in total. The van der Waals surface area contributed by atoms with Crippen LogP contribution >= 0.6 is 0 Å². The van der Waals surface area contributed by atoms with Crippen molar-refractivity contribution in [3.8, 4) is 0 Å². The van der Waals surface area contributed by atoms with Gasteiger partial charge in [0.2, 0.25) is 0 Å². The third-order valence-corrected chi connectivity index (χ3v) is 4.53. The second-order valence-electron chi connectivity index (χ2n) is 7.04. The average molecular weight is 255 g/mol. The lowest BCUT2D eigenvalue weighted by Gasteiger charge is -2.29. The quantitative estimate of drug-likeness (QED) is 0.810. The minimum Gasteiger partial charge on any atom is -0.393 e. The number of hydrogen-bond acceptors (Lipinski definition) is 2. The highest BCUT2D eigenvalue weighted by Gasteiger charge is 2.26. The Morgan fingerprint density at radius 1 is 1.22 bits per heavy atom. The van der Waals surface area contributed by atoms with Gasteiger partial charge in [-0.2, -0.15) is 0 Å². The Bertz CT molecular complexity index is 222. The first-order valence-corrected chi connectivity index (χ1v) is 7.84. The molecule has 1 heterocycles. The van der Waals surface area contributed by atoms with Gasteiger partial charge in [0.15, 0.2) is 0 Å². The van der Waals surface area contributed by atoms with Crippen molar-refractivity contribution in [1.82, 2.24) is 4.90 Å². The SMILES string of the molecule is CCC(O)CCCN1CCCC(C(C)(C)C)CC1. The van der Waals surface area contributed by atoms with Crippen molar-refractivity contribution in [3.05, 3.63) is 0 Å². The zero-order chi connectivity index (χ0) is 13.6. The van der Waals surface area contributed by atoms with E-state index < -0.39 is 0 Å². The van der Waals surface area contributed by atoms with Gasteiger partial charge in [-0.25, -0.2) is 0 Å². The minimum atomic E-state index is -0.0840. The topological polar surface area (TPSA) is 23.5 Å². The van der Waals surface area contributed by atoms with Gasteiger partial charge in [-0.15, -0.1) is 0 Å². The summed E-state index contributed by atoms with van der Waals surface area (Å²) in [6.07, 6.45) is 7.01. The molecule has 0 saturated carbocycles. The maximum absolute atomic E-state index is 9.57. The van der Waals surface area contributed by atoms with Crippen LogP contribution in [-0.2, 0) is 0 Å². The van der Waals surface area contributed by atoms with E-state index in [4.69, 9.17) is 0 Å². The summed E-state index contributed by atoms with van der Waals surface area (Å²) in [5, 5.41) is 9.57. The number of aliphatic hydroxyl groups is 1. The molecular weight excluding hydrogens is 222 g/mol. The molecule has 0 radical (unpaired) electrons. The third-order valence-electron chi connectivity index (χ3n) is 4.53. The smallest absolute Gasteiger partial charge is 0.0538 e. The summed E-state index contributed by atoms with van der Waals surface area (Å²) < 4.78 is 0. The van der Waals surface area contributed by atoms with Crippen LogP contribution in [0.5, 0.6) is 0 Å². The van der Waals surface area contributed by atoms with Crippen LogP contribution in [0.2, 0.25) is 0 Å². The molecule has 0 aromatic carbocycles. The van der Waals surface area contributed by atoms with Gasteiger partial charge >= 0.3 is 0 Å². The van der Waals surface area contributed by atoms with Crippen LogP contribution in [0.1, 0.15) is 66.2 Å². The number of aliphatic hydroxyl groups excluding tert-OH is 1. The molecular formula is C16H33NO.